The summed E-state index contributed by atoms with van der Waals surface area (Å²) in [6.07, 6.45) is 5.20. The van der Waals surface area contributed by atoms with Gasteiger partial charge in [0.2, 0.25) is 5.89 Å². The Labute approximate surface area is 165 Å². The molecule has 1 saturated heterocycles. The van der Waals surface area contributed by atoms with Crippen LogP contribution in [-0.2, 0) is 12.1 Å². The smallest absolute Gasteiger partial charge is 0.209 e. The molecule has 0 saturated carbocycles. The Hall–Kier alpha value is -2.51. The molecule has 3 aromatic rings. The first-order valence-electron chi connectivity index (χ1n) is 9.82. The van der Waals surface area contributed by atoms with Crippen molar-refractivity contribution in [2.24, 2.45) is 0 Å². The molecule has 0 spiro atoms. The van der Waals surface area contributed by atoms with E-state index in [0.717, 1.165) is 29.9 Å². The molecule has 0 aliphatic carbocycles. The van der Waals surface area contributed by atoms with Crippen molar-refractivity contribution in [1.82, 2.24) is 24.9 Å². The number of oxazole rings is 1. The largest absolute Gasteiger partial charge is 0.439 e. The van der Waals surface area contributed by atoms with Crippen molar-refractivity contribution in [2.75, 3.05) is 13.1 Å². The molecule has 7 nitrogen and oxygen atoms in total. The molecule has 0 amide bonds. The summed E-state index contributed by atoms with van der Waals surface area (Å²) in [4.78, 5) is 6.63. The fourth-order valence-electron chi connectivity index (χ4n) is 3.76. The number of rotatable bonds is 5. The predicted octanol–water partition coefficient (Wildman–Crippen LogP) is 3.31. The molecule has 4 rings (SSSR count). The van der Waals surface area contributed by atoms with E-state index in [9.17, 15) is 5.11 Å². The van der Waals surface area contributed by atoms with Crippen molar-refractivity contribution in [2.45, 2.75) is 51.8 Å². The highest BCUT2D eigenvalue weighted by atomic mass is 16.4. The lowest BCUT2D eigenvalue weighted by atomic mass is 9.90. The van der Waals surface area contributed by atoms with Crippen LogP contribution < -0.4 is 0 Å². The molecule has 0 radical (unpaired) electrons. The summed E-state index contributed by atoms with van der Waals surface area (Å²) < 4.78 is 7.78. The predicted molar refractivity (Wildman–Crippen MR) is 105 cm³/mol. The number of likely N-dealkylation sites (tertiary alicyclic amines) is 1. The normalized spacial score (nSPS) is 20.8. The highest BCUT2D eigenvalue weighted by Gasteiger charge is 2.38. The SMILES string of the molecule is Cc1ccccc1-c1cnc(CN2CCCC(O)(c3cn(C(C)C)nn3)C2)o1. The number of aromatic nitrogens is 4. The summed E-state index contributed by atoms with van der Waals surface area (Å²) in [5, 5.41) is 19.6. The molecular weight excluding hydrogens is 354 g/mol. The first-order chi connectivity index (χ1) is 13.4. The average Bonchev–Trinajstić information content (AvgIpc) is 3.32. The van der Waals surface area contributed by atoms with Gasteiger partial charge in [0.05, 0.1) is 18.9 Å². The maximum atomic E-state index is 11.2. The van der Waals surface area contributed by atoms with Gasteiger partial charge in [-0.05, 0) is 45.7 Å². The van der Waals surface area contributed by atoms with E-state index < -0.39 is 5.60 Å². The van der Waals surface area contributed by atoms with E-state index in [0.29, 0.717) is 31.1 Å². The van der Waals surface area contributed by atoms with E-state index in [1.54, 1.807) is 10.9 Å². The van der Waals surface area contributed by atoms with E-state index >= 15 is 0 Å². The molecule has 1 aliphatic rings. The molecule has 148 valence electrons. The molecule has 28 heavy (non-hydrogen) atoms. The number of benzene rings is 1. The van der Waals surface area contributed by atoms with Gasteiger partial charge in [-0.2, -0.15) is 0 Å². The molecule has 2 aromatic heterocycles. The van der Waals surface area contributed by atoms with E-state index in [1.807, 2.05) is 38.2 Å². The van der Waals surface area contributed by atoms with Gasteiger partial charge in [0.25, 0.3) is 0 Å². The topological polar surface area (TPSA) is 80.2 Å². The third kappa shape index (κ3) is 3.72. The van der Waals surface area contributed by atoms with E-state index in [4.69, 9.17) is 4.42 Å². The van der Waals surface area contributed by atoms with Gasteiger partial charge in [0.15, 0.2) is 5.76 Å². The highest BCUT2D eigenvalue weighted by molar-refractivity contribution is 5.60. The van der Waals surface area contributed by atoms with Gasteiger partial charge in [-0.1, -0.05) is 29.5 Å². The van der Waals surface area contributed by atoms with Gasteiger partial charge < -0.3 is 9.52 Å². The molecule has 7 heteroatoms. The zero-order valence-electron chi connectivity index (χ0n) is 16.7. The van der Waals surface area contributed by atoms with Crippen LogP contribution in [0.15, 0.2) is 41.1 Å². The third-order valence-electron chi connectivity index (χ3n) is 5.39. The molecular formula is C21H27N5O2. The van der Waals surface area contributed by atoms with Crippen molar-refractivity contribution in [3.63, 3.8) is 0 Å². The van der Waals surface area contributed by atoms with Crippen molar-refractivity contribution < 1.29 is 9.52 Å². The third-order valence-corrected chi connectivity index (χ3v) is 5.39. The Morgan fingerprint density at radius 1 is 1.29 bits per heavy atom. The van der Waals surface area contributed by atoms with Crippen LogP contribution in [0.3, 0.4) is 0 Å². The second kappa shape index (κ2) is 7.48. The van der Waals surface area contributed by atoms with E-state index in [-0.39, 0.29) is 6.04 Å². The maximum absolute atomic E-state index is 11.2. The second-order valence-corrected chi connectivity index (χ2v) is 7.96. The molecule has 3 heterocycles. The van der Waals surface area contributed by atoms with E-state index in [2.05, 4.69) is 33.2 Å². The Bertz CT molecular complexity index is 948. The van der Waals surface area contributed by atoms with Crippen LogP contribution in [0.4, 0.5) is 0 Å². The van der Waals surface area contributed by atoms with Gasteiger partial charge in [-0.3, -0.25) is 4.90 Å². The minimum atomic E-state index is -0.989. The summed E-state index contributed by atoms with van der Waals surface area (Å²) in [6.45, 7) is 8.10. The highest BCUT2D eigenvalue weighted by Crippen LogP contribution is 2.31. The molecule has 1 aliphatic heterocycles. The lowest BCUT2D eigenvalue weighted by molar-refractivity contribution is -0.0432. The minimum absolute atomic E-state index is 0.219. The van der Waals surface area contributed by atoms with Crippen LogP contribution in [0, 0.1) is 6.92 Å². The number of hydrogen-bond donors (Lipinski definition) is 1. The lowest BCUT2D eigenvalue weighted by Gasteiger charge is -2.37. The Morgan fingerprint density at radius 3 is 2.86 bits per heavy atom. The van der Waals surface area contributed by atoms with Crippen LogP contribution >= 0.6 is 0 Å². The summed E-state index contributed by atoms with van der Waals surface area (Å²) in [6, 6.07) is 8.33. The average molecular weight is 381 g/mol. The Balaban J connectivity index is 1.47. The van der Waals surface area contributed by atoms with E-state index in [1.165, 1.54) is 0 Å². The van der Waals surface area contributed by atoms with Gasteiger partial charge in [-0.15, -0.1) is 5.10 Å². The number of nitrogens with zero attached hydrogens (tertiary/aromatic N) is 5. The minimum Gasteiger partial charge on any atom is -0.439 e. The van der Waals surface area contributed by atoms with Gasteiger partial charge in [-0.25, -0.2) is 9.67 Å². The van der Waals surface area contributed by atoms with Gasteiger partial charge >= 0.3 is 0 Å². The summed E-state index contributed by atoms with van der Waals surface area (Å²) in [5.41, 5.74) is 1.86. The van der Waals surface area contributed by atoms with Crippen LogP contribution in [0.1, 0.15) is 49.9 Å². The quantitative estimate of drug-likeness (QED) is 0.730. The zero-order valence-corrected chi connectivity index (χ0v) is 16.7. The zero-order chi connectivity index (χ0) is 19.7. The summed E-state index contributed by atoms with van der Waals surface area (Å²) in [5.74, 6) is 1.44. The van der Waals surface area contributed by atoms with Crippen molar-refractivity contribution >= 4 is 0 Å². The number of β-amino-alcohol motifs (C(OH)–C–C–N with tert-alkyl or cyclic N) is 1. The Morgan fingerprint density at radius 2 is 2.11 bits per heavy atom. The Kier molecular flexibility index (Phi) is 5.03. The second-order valence-electron chi connectivity index (χ2n) is 7.96. The maximum Gasteiger partial charge on any atom is 0.209 e. The fourth-order valence-corrected chi connectivity index (χ4v) is 3.76. The number of hydrogen-bond acceptors (Lipinski definition) is 6. The molecule has 1 N–H and O–H groups in total. The standard InChI is InChI=1S/C21H27N5O2/c1-15(2)26-12-19(23-24-26)21(27)9-6-10-25(14-21)13-20-22-11-18(28-20)17-8-5-4-7-16(17)3/h4-5,7-8,11-12,15,27H,6,9-10,13-14H2,1-3H3. The number of piperidine rings is 1. The number of aliphatic hydroxyl groups is 1. The number of aryl methyl sites for hydroxylation is 1. The van der Waals surface area contributed by atoms with Crippen molar-refractivity contribution in [1.29, 1.82) is 0 Å². The first-order valence-corrected chi connectivity index (χ1v) is 9.82. The fraction of sp³-hybridized carbons (Fsp3) is 0.476. The van der Waals surface area contributed by atoms with Gasteiger partial charge in [0.1, 0.15) is 11.3 Å². The van der Waals surface area contributed by atoms with Crippen molar-refractivity contribution in [3.8, 4) is 11.3 Å². The molecule has 1 fully saturated rings. The van der Waals surface area contributed by atoms with Crippen molar-refractivity contribution in [3.05, 3.63) is 53.8 Å². The summed E-state index contributed by atoms with van der Waals surface area (Å²) in [7, 11) is 0. The van der Waals surface area contributed by atoms with Crippen LogP contribution in [-0.4, -0.2) is 43.1 Å². The lowest BCUT2D eigenvalue weighted by Crippen LogP contribution is -2.46. The molecule has 1 aromatic carbocycles. The summed E-state index contributed by atoms with van der Waals surface area (Å²) >= 11 is 0. The van der Waals surface area contributed by atoms with Crippen LogP contribution in [0.5, 0.6) is 0 Å². The molecule has 0 bridgehead atoms. The first kappa shape index (κ1) is 18.8. The van der Waals surface area contributed by atoms with Crippen LogP contribution in [0.2, 0.25) is 0 Å². The van der Waals surface area contributed by atoms with Crippen LogP contribution in [0.25, 0.3) is 11.3 Å². The monoisotopic (exact) mass is 381 g/mol. The molecule has 1 atom stereocenters. The van der Waals surface area contributed by atoms with Gasteiger partial charge in [0, 0.05) is 18.2 Å². The molecule has 1 unspecified atom stereocenters.